The molecular weight excluding hydrogens is 192 g/mol. The Bertz CT molecular complexity index is 340. The first-order chi connectivity index (χ1) is 7.36. The van der Waals surface area contributed by atoms with Crippen molar-refractivity contribution in [2.75, 3.05) is 6.61 Å². The Kier molecular flexibility index (Phi) is 3.16. The SMILES string of the molecule is CCn1ncc(C=O)c1C1CCCCO1. The van der Waals surface area contributed by atoms with E-state index in [1.807, 2.05) is 11.6 Å². The molecule has 0 spiro atoms. The number of nitrogens with zero attached hydrogens (tertiary/aromatic N) is 2. The Balaban J connectivity index is 2.30. The Labute approximate surface area is 89.2 Å². The van der Waals surface area contributed by atoms with E-state index in [0.717, 1.165) is 44.4 Å². The van der Waals surface area contributed by atoms with Crippen LogP contribution in [-0.4, -0.2) is 22.7 Å². The Morgan fingerprint density at radius 1 is 1.67 bits per heavy atom. The van der Waals surface area contributed by atoms with Crippen molar-refractivity contribution >= 4 is 6.29 Å². The molecule has 1 atom stereocenters. The zero-order valence-corrected chi connectivity index (χ0v) is 8.98. The average molecular weight is 208 g/mol. The number of aldehydes is 1. The molecule has 4 heteroatoms. The first kappa shape index (κ1) is 10.4. The van der Waals surface area contributed by atoms with Crippen molar-refractivity contribution < 1.29 is 9.53 Å². The van der Waals surface area contributed by atoms with Gasteiger partial charge in [-0.1, -0.05) is 0 Å². The number of carbonyl (C=O) groups excluding carboxylic acids is 1. The highest BCUT2D eigenvalue weighted by atomic mass is 16.5. The largest absolute Gasteiger partial charge is 0.372 e. The zero-order chi connectivity index (χ0) is 10.7. The maximum Gasteiger partial charge on any atom is 0.153 e. The summed E-state index contributed by atoms with van der Waals surface area (Å²) in [6.07, 6.45) is 5.83. The lowest BCUT2D eigenvalue weighted by molar-refractivity contribution is 0.00920. The van der Waals surface area contributed by atoms with Gasteiger partial charge >= 0.3 is 0 Å². The summed E-state index contributed by atoms with van der Waals surface area (Å²) >= 11 is 0. The Morgan fingerprint density at radius 2 is 2.53 bits per heavy atom. The van der Waals surface area contributed by atoms with E-state index in [1.165, 1.54) is 0 Å². The van der Waals surface area contributed by atoms with Crippen molar-refractivity contribution in [1.29, 1.82) is 0 Å². The molecule has 0 saturated carbocycles. The van der Waals surface area contributed by atoms with E-state index in [1.54, 1.807) is 6.20 Å². The summed E-state index contributed by atoms with van der Waals surface area (Å²) in [5, 5.41) is 4.19. The lowest BCUT2D eigenvalue weighted by Gasteiger charge is -2.23. The van der Waals surface area contributed by atoms with Gasteiger partial charge in [0.2, 0.25) is 0 Å². The van der Waals surface area contributed by atoms with Crippen LogP contribution in [0, 0.1) is 0 Å². The molecule has 1 aromatic heterocycles. The number of rotatable bonds is 3. The van der Waals surface area contributed by atoms with Crippen molar-refractivity contribution in [2.24, 2.45) is 0 Å². The van der Waals surface area contributed by atoms with Crippen LogP contribution in [0.15, 0.2) is 6.20 Å². The third-order valence-electron chi connectivity index (χ3n) is 2.82. The lowest BCUT2D eigenvalue weighted by Crippen LogP contribution is -2.17. The second kappa shape index (κ2) is 4.57. The molecule has 1 saturated heterocycles. The van der Waals surface area contributed by atoms with Crippen LogP contribution in [0.4, 0.5) is 0 Å². The molecule has 0 bridgehead atoms. The van der Waals surface area contributed by atoms with E-state index >= 15 is 0 Å². The summed E-state index contributed by atoms with van der Waals surface area (Å²) in [6.45, 7) is 3.59. The van der Waals surface area contributed by atoms with Crippen molar-refractivity contribution in [3.63, 3.8) is 0 Å². The minimum absolute atomic E-state index is 0.0569. The minimum atomic E-state index is 0.0569. The van der Waals surface area contributed by atoms with Gasteiger partial charge in [0.15, 0.2) is 6.29 Å². The van der Waals surface area contributed by atoms with Gasteiger partial charge in [-0.25, -0.2) is 0 Å². The Hall–Kier alpha value is -1.16. The first-order valence-electron chi connectivity index (χ1n) is 5.49. The number of hydrogen-bond donors (Lipinski definition) is 0. The minimum Gasteiger partial charge on any atom is -0.372 e. The fourth-order valence-electron chi connectivity index (χ4n) is 2.06. The third kappa shape index (κ3) is 1.95. The van der Waals surface area contributed by atoms with Crippen LogP contribution in [0.3, 0.4) is 0 Å². The molecule has 0 aliphatic carbocycles. The normalized spacial score (nSPS) is 21.5. The maximum atomic E-state index is 10.9. The molecule has 82 valence electrons. The number of aromatic nitrogens is 2. The van der Waals surface area contributed by atoms with E-state index in [2.05, 4.69) is 5.10 Å². The molecule has 1 aliphatic heterocycles. The Morgan fingerprint density at radius 3 is 3.13 bits per heavy atom. The van der Waals surface area contributed by atoms with Gasteiger partial charge < -0.3 is 4.74 Å². The quantitative estimate of drug-likeness (QED) is 0.713. The number of hydrogen-bond acceptors (Lipinski definition) is 3. The van der Waals surface area contributed by atoms with E-state index in [9.17, 15) is 4.79 Å². The van der Waals surface area contributed by atoms with Crippen molar-refractivity contribution in [1.82, 2.24) is 9.78 Å². The molecule has 0 aromatic carbocycles. The number of aryl methyl sites for hydroxylation is 1. The lowest BCUT2D eigenvalue weighted by atomic mass is 10.0. The highest BCUT2D eigenvalue weighted by Crippen LogP contribution is 2.29. The van der Waals surface area contributed by atoms with Crippen molar-refractivity contribution in [3.8, 4) is 0 Å². The van der Waals surface area contributed by atoms with Crippen molar-refractivity contribution in [3.05, 3.63) is 17.5 Å². The number of carbonyl (C=O) groups is 1. The zero-order valence-electron chi connectivity index (χ0n) is 8.98. The second-order valence-electron chi connectivity index (χ2n) is 3.77. The summed E-state index contributed by atoms with van der Waals surface area (Å²) in [5.41, 5.74) is 1.62. The molecule has 0 N–H and O–H groups in total. The molecular formula is C11H16N2O2. The molecule has 2 rings (SSSR count). The summed E-state index contributed by atoms with van der Waals surface area (Å²) in [6, 6.07) is 0. The fraction of sp³-hybridized carbons (Fsp3) is 0.636. The van der Waals surface area contributed by atoms with Gasteiger partial charge in [0.1, 0.15) is 0 Å². The van der Waals surface area contributed by atoms with Crippen LogP contribution >= 0.6 is 0 Å². The van der Waals surface area contributed by atoms with E-state index in [0.29, 0.717) is 5.56 Å². The summed E-state index contributed by atoms with van der Waals surface area (Å²) in [4.78, 5) is 10.9. The van der Waals surface area contributed by atoms with Crippen LogP contribution < -0.4 is 0 Å². The van der Waals surface area contributed by atoms with Gasteiger partial charge in [0.25, 0.3) is 0 Å². The fourth-order valence-corrected chi connectivity index (χ4v) is 2.06. The molecule has 15 heavy (non-hydrogen) atoms. The molecule has 1 unspecified atom stereocenters. The topological polar surface area (TPSA) is 44.1 Å². The molecule has 1 aliphatic rings. The van der Waals surface area contributed by atoms with Crippen LogP contribution in [0.2, 0.25) is 0 Å². The monoisotopic (exact) mass is 208 g/mol. The molecule has 2 heterocycles. The highest BCUT2D eigenvalue weighted by molar-refractivity contribution is 5.76. The van der Waals surface area contributed by atoms with Gasteiger partial charge in [-0.05, 0) is 26.2 Å². The summed E-state index contributed by atoms with van der Waals surface area (Å²) < 4.78 is 7.55. The molecule has 4 nitrogen and oxygen atoms in total. The standard InChI is InChI=1S/C11H16N2O2/c1-2-13-11(9(8-14)7-12-13)10-5-3-4-6-15-10/h7-8,10H,2-6H2,1H3. The van der Waals surface area contributed by atoms with E-state index in [-0.39, 0.29) is 6.10 Å². The van der Waals surface area contributed by atoms with Gasteiger partial charge in [-0.15, -0.1) is 0 Å². The predicted molar refractivity (Wildman–Crippen MR) is 55.8 cm³/mol. The first-order valence-corrected chi connectivity index (χ1v) is 5.49. The average Bonchev–Trinajstić information content (AvgIpc) is 2.72. The maximum absolute atomic E-state index is 10.9. The van der Waals surface area contributed by atoms with Gasteiger partial charge in [0.05, 0.1) is 23.6 Å². The van der Waals surface area contributed by atoms with Crippen LogP contribution in [0.25, 0.3) is 0 Å². The summed E-state index contributed by atoms with van der Waals surface area (Å²) in [7, 11) is 0. The molecule has 1 fully saturated rings. The van der Waals surface area contributed by atoms with Gasteiger partial charge in [-0.2, -0.15) is 5.10 Å². The van der Waals surface area contributed by atoms with Crippen LogP contribution in [-0.2, 0) is 11.3 Å². The molecule has 1 aromatic rings. The number of ether oxygens (including phenoxy) is 1. The third-order valence-corrected chi connectivity index (χ3v) is 2.82. The van der Waals surface area contributed by atoms with Crippen LogP contribution in [0.5, 0.6) is 0 Å². The predicted octanol–water partition coefficient (Wildman–Crippen LogP) is 1.96. The van der Waals surface area contributed by atoms with Gasteiger partial charge in [-0.3, -0.25) is 9.48 Å². The van der Waals surface area contributed by atoms with Crippen molar-refractivity contribution in [2.45, 2.75) is 38.8 Å². The molecule has 0 amide bonds. The second-order valence-corrected chi connectivity index (χ2v) is 3.77. The summed E-state index contributed by atoms with van der Waals surface area (Å²) in [5.74, 6) is 0. The van der Waals surface area contributed by atoms with E-state index in [4.69, 9.17) is 4.74 Å². The molecule has 0 radical (unpaired) electrons. The van der Waals surface area contributed by atoms with E-state index < -0.39 is 0 Å². The van der Waals surface area contributed by atoms with Crippen LogP contribution in [0.1, 0.15) is 48.3 Å². The van der Waals surface area contributed by atoms with Gasteiger partial charge in [0, 0.05) is 13.2 Å². The smallest absolute Gasteiger partial charge is 0.153 e. The highest BCUT2D eigenvalue weighted by Gasteiger charge is 2.23.